The van der Waals surface area contributed by atoms with Crippen LogP contribution < -0.4 is 0 Å². The Balaban J connectivity index is 1.84. The molecule has 0 spiro atoms. The molecule has 20 heavy (non-hydrogen) atoms. The zero-order valence-electron chi connectivity index (χ0n) is 12.6. The zero-order valence-corrected chi connectivity index (χ0v) is 12.6. The molecule has 1 aromatic rings. The number of amides is 1. The van der Waals surface area contributed by atoms with Gasteiger partial charge in [-0.2, -0.15) is 0 Å². The fourth-order valence-electron chi connectivity index (χ4n) is 2.84. The van der Waals surface area contributed by atoms with Gasteiger partial charge in [0.05, 0.1) is 0 Å². The second-order valence-corrected chi connectivity index (χ2v) is 5.46. The van der Waals surface area contributed by atoms with E-state index < -0.39 is 0 Å². The second-order valence-electron chi connectivity index (χ2n) is 5.46. The number of nitrogens with zero attached hydrogens (tertiary/aromatic N) is 3. The van der Waals surface area contributed by atoms with Crippen LogP contribution in [0, 0.1) is 5.92 Å². The molecule has 1 amide bonds. The van der Waals surface area contributed by atoms with E-state index in [0.29, 0.717) is 0 Å². The Hall–Kier alpha value is -1.42. The molecule has 0 atom stereocenters. The zero-order chi connectivity index (χ0) is 14.4. The van der Waals surface area contributed by atoms with Gasteiger partial charge in [-0.05, 0) is 44.0 Å². The molecule has 110 valence electrons. The lowest BCUT2D eigenvalue weighted by Crippen LogP contribution is -2.41. The van der Waals surface area contributed by atoms with Crippen molar-refractivity contribution in [1.82, 2.24) is 14.8 Å². The van der Waals surface area contributed by atoms with Crippen LogP contribution >= 0.6 is 0 Å². The number of piperidine rings is 1. The van der Waals surface area contributed by atoms with Crippen molar-refractivity contribution in [1.29, 1.82) is 0 Å². The fraction of sp³-hybridized carbons (Fsp3) is 0.625. The maximum absolute atomic E-state index is 12.3. The first-order chi connectivity index (χ1) is 9.74. The van der Waals surface area contributed by atoms with E-state index in [4.69, 9.17) is 0 Å². The van der Waals surface area contributed by atoms with Crippen LogP contribution in [0.4, 0.5) is 0 Å². The predicted octanol–water partition coefficient (Wildman–Crippen LogP) is 2.28. The summed E-state index contributed by atoms with van der Waals surface area (Å²) >= 11 is 0. The number of likely N-dealkylation sites (tertiary alicyclic amines) is 1. The number of rotatable bonds is 5. The molecule has 0 radical (unpaired) electrons. The molecule has 0 unspecified atom stereocenters. The minimum atomic E-state index is 0.147. The van der Waals surface area contributed by atoms with E-state index >= 15 is 0 Å². The van der Waals surface area contributed by atoms with E-state index in [1.54, 1.807) is 24.5 Å². The molecule has 0 aromatic carbocycles. The third kappa shape index (κ3) is 3.79. The van der Waals surface area contributed by atoms with Crippen LogP contribution in [0.1, 0.15) is 37.0 Å². The van der Waals surface area contributed by atoms with Crippen molar-refractivity contribution in [3.05, 3.63) is 30.1 Å². The fourth-order valence-corrected chi connectivity index (χ4v) is 2.84. The first-order valence-electron chi connectivity index (χ1n) is 7.66. The van der Waals surface area contributed by atoms with Crippen molar-refractivity contribution in [2.75, 3.05) is 32.7 Å². The minimum absolute atomic E-state index is 0.147. The summed E-state index contributed by atoms with van der Waals surface area (Å²) in [4.78, 5) is 20.7. The molecule has 2 heterocycles. The molecule has 0 N–H and O–H groups in total. The quantitative estimate of drug-likeness (QED) is 0.827. The van der Waals surface area contributed by atoms with Crippen LogP contribution in [0.2, 0.25) is 0 Å². The Bertz CT molecular complexity index is 409. The van der Waals surface area contributed by atoms with Crippen molar-refractivity contribution in [3.8, 4) is 0 Å². The van der Waals surface area contributed by atoms with Crippen LogP contribution in [-0.4, -0.2) is 53.4 Å². The molecular weight excluding hydrogens is 250 g/mol. The molecule has 1 aromatic heterocycles. The smallest absolute Gasteiger partial charge is 0.253 e. The summed E-state index contributed by atoms with van der Waals surface area (Å²) in [7, 11) is 0. The van der Waals surface area contributed by atoms with Gasteiger partial charge in [-0.3, -0.25) is 9.78 Å². The number of pyridine rings is 1. The first-order valence-corrected chi connectivity index (χ1v) is 7.66. The maximum Gasteiger partial charge on any atom is 0.253 e. The molecule has 0 bridgehead atoms. The summed E-state index contributed by atoms with van der Waals surface area (Å²) in [5, 5.41) is 0. The van der Waals surface area contributed by atoms with Crippen molar-refractivity contribution in [3.63, 3.8) is 0 Å². The third-order valence-corrected chi connectivity index (χ3v) is 4.24. The van der Waals surface area contributed by atoms with Crippen LogP contribution in [0.25, 0.3) is 0 Å². The Morgan fingerprint density at radius 2 is 1.85 bits per heavy atom. The molecule has 0 aliphatic carbocycles. The Labute approximate surface area is 121 Å². The van der Waals surface area contributed by atoms with Crippen molar-refractivity contribution in [2.24, 2.45) is 5.92 Å². The van der Waals surface area contributed by atoms with Gasteiger partial charge in [0, 0.05) is 37.6 Å². The van der Waals surface area contributed by atoms with Crippen LogP contribution in [-0.2, 0) is 0 Å². The van der Waals surface area contributed by atoms with Crippen LogP contribution in [0.3, 0.4) is 0 Å². The van der Waals surface area contributed by atoms with Gasteiger partial charge in [0.15, 0.2) is 0 Å². The van der Waals surface area contributed by atoms with Gasteiger partial charge >= 0.3 is 0 Å². The number of hydrogen-bond acceptors (Lipinski definition) is 3. The van der Waals surface area contributed by atoms with Crippen molar-refractivity contribution >= 4 is 5.91 Å². The van der Waals surface area contributed by atoms with E-state index in [0.717, 1.165) is 50.5 Å². The van der Waals surface area contributed by atoms with Crippen LogP contribution in [0.15, 0.2) is 24.5 Å². The number of hydrogen-bond donors (Lipinski definition) is 0. The molecular formula is C16H25N3O. The monoisotopic (exact) mass is 275 g/mol. The number of aromatic nitrogens is 1. The van der Waals surface area contributed by atoms with E-state index in [1.165, 1.54) is 6.54 Å². The van der Waals surface area contributed by atoms with E-state index in [2.05, 4.69) is 23.7 Å². The highest BCUT2D eigenvalue weighted by atomic mass is 16.2. The Morgan fingerprint density at radius 3 is 2.40 bits per heavy atom. The molecule has 1 aliphatic rings. The average molecular weight is 275 g/mol. The molecule has 1 aliphatic heterocycles. The highest BCUT2D eigenvalue weighted by molar-refractivity contribution is 5.94. The highest BCUT2D eigenvalue weighted by Gasteiger charge is 2.24. The molecule has 1 saturated heterocycles. The number of carbonyl (C=O) groups excluding carboxylic acids is 1. The Kier molecular flexibility index (Phi) is 5.53. The van der Waals surface area contributed by atoms with Gasteiger partial charge in [-0.25, -0.2) is 0 Å². The van der Waals surface area contributed by atoms with Gasteiger partial charge in [-0.1, -0.05) is 13.8 Å². The van der Waals surface area contributed by atoms with Crippen LogP contribution in [0.5, 0.6) is 0 Å². The lowest BCUT2D eigenvalue weighted by molar-refractivity contribution is 0.0669. The maximum atomic E-state index is 12.3. The van der Waals surface area contributed by atoms with Crippen molar-refractivity contribution < 1.29 is 4.79 Å². The molecule has 4 heteroatoms. The molecule has 0 saturated carbocycles. The summed E-state index contributed by atoms with van der Waals surface area (Å²) < 4.78 is 0. The summed E-state index contributed by atoms with van der Waals surface area (Å²) in [5.41, 5.74) is 0.752. The Morgan fingerprint density at radius 1 is 1.25 bits per heavy atom. The largest absolute Gasteiger partial charge is 0.339 e. The normalized spacial score (nSPS) is 16.6. The van der Waals surface area contributed by atoms with E-state index in [9.17, 15) is 4.79 Å². The average Bonchev–Trinajstić information content (AvgIpc) is 2.53. The summed E-state index contributed by atoms with van der Waals surface area (Å²) in [5.74, 6) is 0.880. The topological polar surface area (TPSA) is 36.4 Å². The van der Waals surface area contributed by atoms with Gasteiger partial charge < -0.3 is 9.80 Å². The summed E-state index contributed by atoms with van der Waals surface area (Å²) in [6, 6.07) is 3.59. The third-order valence-electron chi connectivity index (χ3n) is 4.24. The predicted molar refractivity (Wildman–Crippen MR) is 80.7 cm³/mol. The van der Waals surface area contributed by atoms with Gasteiger partial charge in [0.2, 0.25) is 0 Å². The van der Waals surface area contributed by atoms with E-state index in [-0.39, 0.29) is 5.91 Å². The SMILES string of the molecule is CCN(CC)CC1CCN(C(=O)c2ccncc2)CC1. The molecule has 2 rings (SSSR count). The minimum Gasteiger partial charge on any atom is -0.339 e. The summed E-state index contributed by atoms with van der Waals surface area (Å²) in [6.45, 7) is 9.60. The molecule has 4 nitrogen and oxygen atoms in total. The van der Waals surface area contributed by atoms with Gasteiger partial charge in [0.25, 0.3) is 5.91 Å². The lowest BCUT2D eigenvalue weighted by atomic mass is 9.95. The summed E-state index contributed by atoms with van der Waals surface area (Å²) in [6.07, 6.45) is 5.60. The molecule has 1 fully saturated rings. The second kappa shape index (κ2) is 7.39. The van der Waals surface area contributed by atoms with Gasteiger partial charge in [-0.15, -0.1) is 0 Å². The lowest BCUT2D eigenvalue weighted by Gasteiger charge is -2.34. The van der Waals surface area contributed by atoms with E-state index in [1.807, 2.05) is 4.90 Å². The van der Waals surface area contributed by atoms with Gasteiger partial charge in [0.1, 0.15) is 0 Å². The van der Waals surface area contributed by atoms with Crippen molar-refractivity contribution in [2.45, 2.75) is 26.7 Å². The highest BCUT2D eigenvalue weighted by Crippen LogP contribution is 2.20. The number of carbonyl (C=O) groups is 1. The first kappa shape index (κ1) is 15.0. The standard InChI is InChI=1S/C16H25N3O/c1-3-18(4-2)13-14-7-11-19(12-8-14)16(20)15-5-9-17-10-6-15/h5-6,9-10,14H,3-4,7-8,11-13H2,1-2H3.